The summed E-state index contributed by atoms with van der Waals surface area (Å²) in [5.74, 6) is -0.953. The van der Waals surface area contributed by atoms with Crippen molar-refractivity contribution in [2.45, 2.75) is 26.2 Å². The summed E-state index contributed by atoms with van der Waals surface area (Å²) in [7, 11) is 0. The van der Waals surface area contributed by atoms with E-state index in [0.717, 1.165) is 24.0 Å². The topological polar surface area (TPSA) is 48.3 Å². The van der Waals surface area contributed by atoms with Crippen LogP contribution in [0.5, 0.6) is 0 Å². The number of fused-ring (bicyclic) bond motifs is 1. The molecule has 0 spiro atoms. The van der Waals surface area contributed by atoms with Gasteiger partial charge in [-0.2, -0.15) is 0 Å². The van der Waals surface area contributed by atoms with Gasteiger partial charge in [0.2, 0.25) is 0 Å². The van der Waals surface area contributed by atoms with Gasteiger partial charge in [-0.1, -0.05) is 0 Å². The number of rotatable bonds is 3. The van der Waals surface area contributed by atoms with Crippen molar-refractivity contribution in [1.82, 2.24) is 4.57 Å². The maximum Gasteiger partial charge on any atom is 0.344 e. The molecule has 3 rings (SSSR count). The first kappa shape index (κ1) is 14.5. The fourth-order valence-electron chi connectivity index (χ4n) is 2.87. The van der Waals surface area contributed by atoms with Gasteiger partial charge in [0.15, 0.2) is 0 Å². The van der Waals surface area contributed by atoms with E-state index in [-0.39, 0.29) is 18.0 Å². The highest BCUT2D eigenvalue weighted by atomic mass is 19.1. The highest BCUT2D eigenvalue weighted by Gasteiger charge is 2.25. The molecule has 0 N–H and O–H groups in total. The molecule has 1 aliphatic carbocycles. The van der Waals surface area contributed by atoms with Gasteiger partial charge in [-0.15, -0.1) is 0 Å². The van der Waals surface area contributed by atoms with E-state index in [2.05, 4.69) is 0 Å². The lowest BCUT2D eigenvalue weighted by molar-refractivity contribution is 0.0522. The molecule has 0 radical (unpaired) electrons. The second-order valence-electron chi connectivity index (χ2n) is 5.23. The number of nitrogens with zero attached hydrogens (tertiary/aromatic N) is 1. The van der Waals surface area contributed by atoms with Gasteiger partial charge in [-0.25, -0.2) is 9.18 Å². The Morgan fingerprint density at radius 1 is 1.27 bits per heavy atom. The van der Waals surface area contributed by atoms with E-state index in [0.29, 0.717) is 12.1 Å². The van der Waals surface area contributed by atoms with Crippen molar-refractivity contribution in [3.8, 4) is 5.69 Å². The average molecular weight is 301 g/mol. The number of carbonyl (C=O) groups excluding carboxylic acids is 1. The zero-order valence-electron chi connectivity index (χ0n) is 12.3. The number of carbonyl (C=O) groups is 1. The lowest BCUT2D eigenvalue weighted by Crippen LogP contribution is -2.28. The van der Waals surface area contributed by atoms with Gasteiger partial charge in [0, 0.05) is 11.9 Å². The largest absolute Gasteiger partial charge is 0.462 e. The molecule has 0 atom stereocenters. The first-order valence-corrected chi connectivity index (χ1v) is 7.32. The van der Waals surface area contributed by atoms with E-state index < -0.39 is 11.5 Å². The molecule has 0 bridgehead atoms. The minimum atomic E-state index is -0.581. The highest BCUT2D eigenvalue weighted by Crippen LogP contribution is 2.25. The summed E-state index contributed by atoms with van der Waals surface area (Å²) in [4.78, 5) is 24.9. The Hall–Kier alpha value is -2.43. The maximum absolute atomic E-state index is 13.1. The van der Waals surface area contributed by atoms with E-state index in [1.54, 1.807) is 13.1 Å². The Morgan fingerprint density at radius 2 is 2.00 bits per heavy atom. The van der Waals surface area contributed by atoms with Gasteiger partial charge in [0.1, 0.15) is 11.4 Å². The third kappa shape index (κ3) is 2.43. The van der Waals surface area contributed by atoms with E-state index in [4.69, 9.17) is 4.74 Å². The van der Waals surface area contributed by atoms with Crippen LogP contribution in [0.15, 0.2) is 35.3 Å². The van der Waals surface area contributed by atoms with Crippen molar-refractivity contribution < 1.29 is 13.9 Å². The molecule has 1 aromatic carbocycles. The van der Waals surface area contributed by atoms with Crippen molar-refractivity contribution in [3.63, 3.8) is 0 Å². The first-order chi connectivity index (χ1) is 10.6. The van der Waals surface area contributed by atoms with Crippen molar-refractivity contribution >= 4 is 5.97 Å². The monoisotopic (exact) mass is 301 g/mol. The molecule has 114 valence electrons. The lowest BCUT2D eigenvalue weighted by Gasteiger charge is -2.13. The summed E-state index contributed by atoms with van der Waals surface area (Å²) < 4.78 is 19.5. The van der Waals surface area contributed by atoms with Gasteiger partial charge in [-0.05, 0) is 61.6 Å². The number of aromatic nitrogens is 1. The predicted molar refractivity (Wildman–Crippen MR) is 80.0 cm³/mol. The fraction of sp³-hybridized carbons (Fsp3) is 0.294. The molecule has 4 nitrogen and oxygen atoms in total. The normalized spacial score (nSPS) is 13.0. The number of pyridine rings is 1. The van der Waals surface area contributed by atoms with Crippen LogP contribution in [0.25, 0.3) is 5.69 Å². The van der Waals surface area contributed by atoms with Crippen molar-refractivity contribution in [2.24, 2.45) is 0 Å². The molecule has 0 saturated heterocycles. The number of aryl methyl sites for hydroxylation is 1. The fourth-order valence-corrected chi connectivity index (χ4v) is 2.87. The van der Waals surface area contributed by atoms with Crippen molar-refractivity contribution in [2.75, 3.05) is 6.61 Å². The number of hydrogen-bond acceptors (Lipinski definition) is 3. The van der Waals surface area contributed by atoms with Crippen LogP contribution >= 0.6 is 0 Å². The second-order valence-corrected chi connectivity index (χ2v) is 5.23. The van der Waals surface area contributed by atoms with E-state index >= 15 is 0 Å². The van der Waals surface area contributed by atoms with Crippen LogP contribution in [0.4, 0.5) is 4.39 Å². The van der Waals surface area contributed by atoms with Crippen LogP contribution in [-0.4, -0.2) is 17.1 Å². The molecule has 2 aromatic rings. The molecule has 1 heterocycles. The van der Waals surface area contributed by atoms with Crippen LogP contribution in [0, 0.1) is 5.82 Å². The molecule has 22 heavy (non-hydrogen) atoms. The molecule has 1 aromatic heterocycles. The number of halogens is 1. The summed E-state index contributed by atoms with van der Waals surface area (Å²) in [6.45, 7) is 1.93. The number of ether oxygens (including phenoxy) is 1. The van der Waals surface area contributed by atoms with Gasteiger partial charge < -0.3 is 4.74 Å². The molecule has 5 heteroatoms. The number of esters is 1. The molecule has 0 amide bonds. The predicted octanol–water partition coefficient (Wildman–Crippen LogP) is 2.64. The lowest BCUT2D eigenvalue weighted by atomic mass is 10.1. The number of benzene rings is 1. The SMILES string of the molecule is CCOC(=O)c1c2c(cn(-c3ccc(F)cc3)c1=O)CCC2. The van der Waals surface area contributed by atoms with Crippen molar-refractivity contribution in [1.29, 1.82) is 0 Å². The average Bonchev–Trinajstić information content (AvgIpc) is 2.95. The Bertz CT molecular complexity index is 778. The molecule has 0 unspecified atom stereocenters. The minimum Gasteiger partial charge on any atom is -0.462 e. The van der Waals surface area contributed by atoms with Crippen LogP contribution in [-0.2, 0) is 17.6 Å². The van der Waals surface area contributed by atoms with Crippen LogP contribution < -0.4 is 5.56 Å². The summed E-state index contributed by atoms with van der Waals surface area (Å²) in [5.41, 5.74) is 2.01. The van der Waals surface area contributed by atoms with Gasteiger partial charge in [0.05, 0.1) is 6.61 Å². The Labute approximate surface area is 127 Å². The van der Waals surface area contributed by atoms with Crippen LogP contribution in [0.2, 0.25) is 0 Å². The highest BCUT2D eigenvalue weighted by molar-refractivity contribution is 5.91. The van der Waals surface area contributed by atoms with Crippen LogP contribution in [0.3, 0.4) is 0 Å². The van der Waals surface area contributed by atoms with E-state index in [1.165, 1.54) is 28.8 Å². The van der Waals surface area contributed by atoms with Gasteiger partial charge in [0.25, 0.3) is 5.56 Å². The van der Waals surface area contributed by atoms with E-state index in [1.807, 2.05) is 0 Å². The number of hydrogen-bond donors (Lipinski definition) is 0. The quantitative estimate of drug-likeness (QED) is 0.819. The standard InChI is InChI=1S/C17H16FNO3/c1-2-22-17(21)15-14-5-3-4-11(14)10-19(16(15)20)13-8-6-12(18)7-9-13/h6-10H,2-5H2,1H3. The zero-order valence-corrected chi connectivity index (χ0v) is 12.3. The Balaban J connectivity index is 2.20. The van der Waals surface area contributed by atoms with E-state index in [9.17, 15) is 14.0 Å². The van der Waals surface area contributed by atoms with Crippen LogP contribution in [0.1, 0.15) is 34.8 Å². The molecular formula is C17H16FNO3. The molecular weight excluding hydrogens is 285 g/mol. The second kappa shape index (κ2) is 5.75. The van der Waals surface area contributed by atoms with Gasteiger partial charge >= 0.3 is 5.97 Å². The van der Waals surface area contributed by atoms with Gasteiger partial charge in [-0.3, -0.25) is 9.36 Å². The summed E-state index contributed by atoms with van der Waals surface area (Å²) in [5, 5.41) is 0. The first-order valence-electron chi connectivity index (χ1n) is 7.32. The third-order valence-corrected chi connectivity index (χ3v) is 3.86. The molecule has 0 saturated carbocycles. The minimum absolute atomic E-state index is 0.112. The molecule has 0 aliphatic heterocycles. The molecule has 0 fully saturated rings. The maximum atomic E-state index is 13.1. The Morgan fingerprint density at radius 3 is 2.68 bits per heavy atom. The summed E-state index contributed by atoms with van der Waals surface area (Å²) in [6.07, 6.45) is 4.20. The third-order valence-electron chi connectivity index (χ3n) is 3.86. The summed E-state index contributed by atoms with van der Waals surface area (Å²) in [6, 6.07) is 5.62. The summed E-state index contributed by atoms with van der Waals surface area (Å²) >= 11 is 0. The Kier molecular flexibility index (Phi) is 3.79. The smallest absolute Gasteiger partial charge is 0.344 e. The zero-order chi connectivity index (χ0) is 15.7. The van der Waals surface area contributed by atoms with Crippen molar-refractivity contribution in [3.05, 3.63) is 63.3 Å². The molecule has 1 aliphatic rings.